The Morgan fingerprint density at radius 1 is 1.09 bits per heavy atom. The molecule has 3 heterocycles. The molecule has 13 heteroatoms. The maximum atomic E-state index is 15.9. The van der Waals surface area contributed by atoms with Crippen molar-refractivity contribution in [1.82, 2.24) is 9.80 Å². The first-order valence-electron chi connectivity index (χ1n) is 14.1. The third-order valence-corrected chi connectivity index (χ3v) is 7.77. The number of hydrogen-bond acceptors (Lipinski definition) is 6. The number of carbonyl (C=O) groups excluding carboxylic acids is 3. The average Bonchev–Trinajstić information content (AvgIpc) is 2.90. The lowest BCUT2D eigenvalue weighted by molar-refractivity contribution is -0.124. The van der Waals surface area contributed by atoms with Gasteiger partial charge in [0.1, 0.15) is 17.3 Å². The molecule has 0 saturated carbocycles. The lowest BCUT2D eigenvalue weighted by Gasteiger charge is -2.44. The summed E-state index contributed by atoms with van der Waals surface area (Å²) in [5.41, 5.74) is -1.08. The van der Waals surface area contributed by atoms with E-state index in [1.807, 2.05) is 25.8 Å². The van der Waals surface area contributed by atoms with Crippen LogP contribution < -0.4 is 10.2 Å². The number of ether oxygens (including phenoxy) is 1. The van der Waals surface area contributed by atoms with Crippen molar-refractivity contribution in [3.8, 4) is 0 Å². The maximum Gasteiger partial charge on any atom is 0.414 e. The average molecular weight is 608 g/mol. The molecule has 0 bridgehead atoms. The number of piperazine rings is 1. The zero-order valence-electron chi connectivity index (χ0n) is 25.1. The van der Waals surface area contributed by atoms with Crippen LogP contribution >= 0.6 is 0 Å². The fourth-order valence-electron chi connectivity index (χ4n) is 5.36. The van der Waals surface area contributed by atoms with Crippen molar-refractivity contribution in [3.05, 3.63) is 41.2 Å². The molecule has 3 amide bonds. The van der Waals surface area contributed by atoms with Crippen LogP contribution in [-0.4, -0.2) is 91.0 Å². The highest BCUT2D eigenvalue weighted by atomic mass is 19.4. The lowest BCUT2D eigenvalue weighted by atomic mass is 9.95. The van der Waals surface area contributed by atoms with E-state index in [-0.39, 0.29) is 29.9 Å². The van der Waals surface area contributed by atoms with Crippen LogP contribution in [0.3, 0.4) is 0 Å². The van der Waals surface area contributed by atoms with Gasteiger partial charge in [0.25, 0.3) is 5.91 Å². The van der Waals surface area contributed by atoms with E-state index in [2.05, 4.69) is 15.2 Å². The van der Waals surface area contributed by atoms with Crippen LogP contribution in [0.5, 0.6) is 0 Å². The molecule has 1 unspecified atom stereocenters. The number of nitrogens with one attached hydrogen (secondary N) is 1. The first kappa shape index (κ1) is 32.2. The predicted molar refractivity (Wildman–Crippen MR) is 155 cm³/mol. The van der Waals surface area contributed by atoms with Crippen LogP contribution in [0.15, 0.2) is 34.9 Å². The van der Waals surface area contributed by atoms with Gasteiger partial charge in [0.05, 0.1) is 16.9 Å². The van der Waals surface area contributed by atoms with Gasteiger partial charge in [-0.1, -0.05) is 6.08 Å². The minimum atomic E-state index is -4.94. The fraction of sp³-hybridized carbons (Fsp3) is 0.533. The predicted octanol–water partition coefficient (Wildman–Crippen LogP) is 5.03. The lowest BCUT2D eigenvalue weighted by Crippen LogP contribution is -2.55. The second-order valence-corrected chi connectivity index (χ2v) is 12.2. The molecule has 43 heavy (non-hydrogen) atoms. The summed E-state index contributed by atoms with van der Waals surface area (Å²) in [5, 5.41) is 2.57. The standard InChI is InChI=1S/C30H37F4N5O4/c1-17-14-39(15-18(2)37(17)6)25-12-23(31)20(19-8-7-9-38(16-19)28(42)43-29(3,4)5)10-24(25)36-27(41)21-13-35-26(40)11-22(21)30(32,33)34/h8,10-13,17-18,21H,7,9,14-16H2,1-6H3,(H,36,41)/t17-,18+,21?. The minimum absolute atomic E-state index is 0.0412. The highest BCUT2D eigenvalue weighted by Gasteiger charge is 2.43. The van der Waals surface area contributed by atoms with E-state index >= 15 is 4.39 Å². The van der Waals surface area contributed by atoms with Gasteiger partial charge < -0.3 is 19.9 Å². The molecule has 234 valence electrons. The van der Waals surface area contributed by atoms with Gasteiger partial charge in [-0.25, -0.2) is 14.2 Å². The van der Waals surface area contributed by atoms with Crippen molar-refractivity contribution >= 4 is 41.1 Å². The number of halogens is 4. The minimum Gasteiger partial charge on any atom is -0.444 e. The number of carbonyl (C=O) groups is 3. The third kappa shape index (κ3) is 7.43. The number of anilines is 2. The monoisotopic (exact) mass is 607 g/mol. The number of hydrogen-bond donors (Lipinski definition) is 1. The Labute approximate surface area is 248 Å². The summed E-state index contributed by atoms with van der Waals surface area (Å²) in [7, 11) is 1.97. The van der Waals surface area contributed by atoms with Crippen LogP contribution in [0.2, 0.25) is 0 Å². The largest absolute Gasteiger partial charge is 0.444 e. The van der Waals surface area contributed by atoms with Gasteiger partial charge in [-0.2, -0.15) is 13.2 Å². The molecule has 3 aliphatic rings. The van der Waals surface area contributed by atoms with Crippen molar-refractivity contribution in [2.75, 3.05) is 43.4 Å². The first-order chi connectivity index (χ1) is 19.9. The van der Waals surface area contributed by atoms with E-state index < -0.39 is 47.0 Å². The Morgan fingerprint density at radius 2 is 1.74 bits per heavy atom. The number of nitrogens with zero attached hydrogens (tertiary/aromatic N) is 4. The van der Waals surface area contributed by atoms with Crippen molar-refractivity contribution in [2.24, 2.45) is 10.9 Å². The number of alkyl halides is 3. The molecule has 1 fully saturated rings. The van der Waals surface area contributed by atoms with E-state index in [1.54, 1.807) is 26.8 Å². The Kier molecular flexibility index (Phi) is 9.05. The number of benzene rings is 1. The Morgan fingerprint density at radius 3 is 2.35 bits per heavy atom. The van der Waals surface area contributed by atoms with E-state index in [4.69, 9.17) is 4.74 Å². The van der Waals surface area contributed by atoms with Gasteiger partial charge in [0.2, 0.25) is 5.91 Å². The summed E-state index contributed by atoms with van der Waals surface area (Å²) in [6.45, 7) is 10.6. The quantitative estimate of drug-likeness (QED) is 0.483. The van der Waals surface area contributed by atoms with E-state index in [9.17, 15) is 27.6 Å². The van der Waals surface area contributed by atoms with Crippen LogP contribution in [0.4, 0.5) is 33.7 Å². The second-order valence-electron chi connectivity index (χ2n) is 12.2. The molecule has 1 saturated heterocycles. The molecule has 4 rings (SSSR count). The molecule has 1 aromatic rings. The smallest absolute Gasteiger partial charge is 0.414 e. The van der Waals surface area contributed by atoms with Gasteiger partial charge in [-0.15, -0.1) is 0 Å². The molecule has 3 atom stereocenters. The van der Waals surface area contributed by atoms with Crippen LogP contribution in [0.1, 0.15) is 46.6 Å². The zero-order valence-corrected chi connectivity index (χ0v) is 25.1. The molecule has 0 spiro atoms. The van der Waals surface area contributed by atoms with Gasteiger partial charge in [-0.3, -0.25) is 14.5 Å². The molecular formula is C30H37F4N5O4. The van der Waals surface area contributed by atoms with Crippen molar-refractivity contribution < 1.29 is 36.7 Å². The Bertz CT molecular complexity index is 1370. The van der Waals surface area contributed by atoms with Gasteiger partial charge in [0, 0.05) is 56.1 Å². The molecule has 0 aromatic heterocycles. The number of aliphatic imine (C=N–C) groups is 1. The molecule has 1 aromatic carbocycles. The van der Waals surface area contributed by atoms with E-state index in [1.165, 1.54) is 17.0 Å². The number of likely N-dealkylation sites (N-methyl/N-ethyl adjacent to an activating group) is 1. The summed E-state index contributed by atoms with van der Waals surface area (Å²) in [4.78, 5) is 46.6. The second kappa shape index (κ2) is 12.1. The Balaban J connectivity index is 1.72. The summed E-state index contributed by atoms with van der Waals surface area (Å²) in [5.74, 6) is -4.66. The zero-order chi connectivity index (χ0) is 31.9. The molecule has 3 aliphatic heterocycles. The highest BCUT2D eigenvalue weighted by molar-refractivity contribution is 6.11. The fourth-order valence-corrected chi connectivity index (χ4v) is 5.36. The number of amides is 3. The summed E-state index contributed by atoms with van der Waals surface area (Å²) in [6.07, 6.45) is -2.30. The molecular weight excluding hydrogens is 570 g/mol. The molecule has 1 N–H and O–H groups in total. The van der Waals surface area contributed by atoms with Crippen LogP contribution in [0.25, 0.3) is 5.57 Å². The Hall–Kier alpha value is -3.74. The maximum absolute atomic E-state index is 15.9. The first-order valence-corrected chi connectivity index (χ1v) is 14.1. The van der Waals surface area contributed by atoms with Crippen LogP contribution in [0, 0.1) is 11.7 Å². The molecule has 0 radical (unpaired) electrons. The van der Waals surface area contributed by atoms with Crippen molar-refractivity contribution in [3.63, 3.8) is 0 Å². The van der Waals surface area contributed by atoms with Gasteiger partial charge in [0.15, 0.2) is 0 Å². The van der Waals surface area contributed by atoms with Crippen molar-refractivity contribution in [2.45, 2.75) is 64.9 Å². The molecule has 0 aliphatic carbocycles. The summed E-state index contributed by atoms with van der Waals surface area (Å²) in [6, 6.07) is 2.79. The summed E-state index contributed by atoms with van der Waals surface area (Å²) >= 11 is 0. The van der Waals surface area contributed by atoms with E-state index in [0.717, 1.165) is 0 Å². The topological polar surface area (TPSA) is 94.5 Å². The SMILES string of the molecule is C[C@@H]1CN(c2cc(F)c(C3=CCCN(C(=O)OC(C)(C)C)C3)cc2NC(=O)C2C=NC(=O)C=C2C(F)(F)F)C[C@H](C)N1C. The third-order valence-electron chi connectivity index (χ3n) is 7.77. The molecule has 9 nitrogen and oxygen atoms in total. The van der Waals surface area contributed by atoms with Crippen LogP contribution in [-0.2, 0) is 14.3 Å². The highest BCUT2D eigenvalue weighted by Crippen LogP contribution is 2.38. The normalized spacial score (nSPS) is 23.6. The number of rotatable bonds is 4. The van der Waals surface area contributed by atoms with Gasteiger partial charge in [-0.05, 0) is 65.8 Å². The van der Waals surface area contributed by atoms with E-state index in [0.29, 0.717) is 49.6 Å². The van der Waals surface area contributed by atoms with Crippen molar-refractivity contribution in [1.29, 1.82) is 0 Å². The number of dihydropyridines is 1. The van der Waals surface area contributed by atoms with Gasteiger partial charge >= 0.3 is 12.3 Å². The summed E-state index contributed by atoms with van der Waals surface area (Å²) < 4.78 is 62.6.